The maximum absolute atomic E-state index is 11.3. The second-order valence-corrected chi connectivity index (χ2v) is 3.46. The van der Waals surface area contributed by atoms with Crippen molar-refractivity contribution in [2.45, 2.75) is 25.8 Å². The Morgan fingerprint density at radius 3 is 3.15 bits per heavy atom. The Hall–Kier alpha value is -1.01. The van der Waals surface area contributed by atoms with Gasteiger partial charge in [-0.15, -0.1) is 10.2 Å². The largest absolute Gasteiger partial charge is 0.320 e. The second-order valence-electron chi connectivity index (χ2n) is 2.63. The Bertz CT molecular complexity index is 261. The molecule has 72 valence electrons. The predicted molar refractivity (Wildman–Crippen MR) is 51.4 cm³/mol. The van der Waals surface area contributed by atoms with Crippen molar-refractivity contribution in [1.82, 2.24) is 10.2 Å². The molecule has 0 radical (unpaired) electrons. The van der Waals surface area contributed by atoms with Crippen LogP contribution >= 0.6 is 11.3 Å². The Morgan fingerprint density at radius 1 is 1.85 bits per heavy atom. The summed E-state index contributed by atoms with van der Waals surface area (Å²) < 4.78 is 0. The number of carbonyl (C=O) groups excluding carboxylic acids is 1. The summed E-state index contributed by atoms with van der Waals surface area (Å²) in [7, 11) is 0. The SMILES string of the molecule is CCC[C@H](N)C(=O)Nc1nncs1. The van der Waals surface area contributed by atoms with E-state index in [1.54, 1.807) is 5.51 Å². The van der Waals surface area contributed by atoms with E-state index >= 15 is 0 Å². The van der Waals surface area contributed by atoms with E-state index in [4.69, 9.17) is 5.73 Å². The Labute approximate surface area is 80.4 Å². The van der Waals surface area contributed by atoms with E-state index in [1.807, 2.05) is 6.92 Å². The summed E-state index contributed by atoms with van der Waals surface area (Å²) in [6.45, 7) is 1.98. The van der Waals surface area contributed by atoms with Gasteiger partial charge in [-0.25, -0.2) is 0 Å². The van der Waals surface area contributed by atoms with Gasteiger partial charge in [0.1, 0.15) is 5.51 Å². The molecule has 6 heteroatoms. The number of nitrogens with zero attached hydrogens (tertiary/aromatic N) is 2. The van der Waals surface area contributed by atoms with Crippen LogP contribution in [-0.4, -0.2) is 22.1 Å². The van der Waals surface area contributed by atoms with Crippen LogP contribution < -0.4 is 11.1 Å². The molecule has 0 spiro atoms. The van der Waals surface area contributed by atoms with E-state index in [0.29, 0.717) is 11.6 Å². The topological polar surface area (TPSA) is 80.9 Å². The summed E-state index contributed by atoms with van der Waals surface area (Å²) in [6, 6.07) is -0.450. The smallest absolute Gasteiger partial charge is 0.243 e. The molecule has 1 aromatic heterocycles. The summed E-state index contributed by atoms with van der Waals surface area (Å²) in [6.07, 6.45) is 1.58. The van der Waals surface area contributed by atoms with Gasteiger partial charge in [-0.2, -0.15) is 0 Å². The van der Waals surface area contributed by atoms with Gasteiger partial charge in [-0.3, -0.25) is 10.1 Å². The maximum atomic E-state index is 11.3. The van der Waals surface area contributed by atoms with E-state index in [9.17, 15) is 4.79 Å². The molecule has 1 amide bonds. The number of carbonyl (C=O) groups is 1. The van der Waals surface area contributed by atoms with Crippen LogP contribution in [0.4, 0.5) is 5.13 Å². The zero-order chi connectivity index (χ0) is 9.68. The molecule has 1 heterocycles. The molecule has 0 fully saturated rings. The Balaban J connectivity index is 2.41. The molecule has 0 bridgehead atoms. The fourth-order valence-corrected chi connectivity index (χ4v) is 1.32. The highest BCUT2D eigenvalue weighted by Crippen LogP contribution is 2.08. The van der Waals surface area contributed by atoms with Crippen LogP contribution in [-0.2, 0) is 4.79 Å². The first-order chi connectivity index (χ1) is 6.24. The van der Waals surface area contributed by atoms with Crippen molar-refractivity contribution in [3.05, 3.63) is 5.51 Å². The molecule has 0 aliphatic heterocycles. The van der Waals surface area contributed by atoms with Crippen LogP contribution in [0.15, 0.2) is 5.51 Å². The van der Waals surface area contributed by atoms with Gasteiger partial charge in [0.05, 0.1) is 6.04 Å². The molecular weight excluding hydrogens is 188 g/mol. The fourth-order valence-electron chi connectivity index (χ4n) is 0.868. The highest BCUT2D eigenvalue weighted by molar-refractivity contribution is 7.13. The number of hydrogen-bond donors (Lipinski definition) is 2. The van der Waals surface area contributed by atoms with Crippen LogP contribution in [0.3, 0.4) is 0 Å². The monoisotopic (exact) mass is 200 g/mol. The standard InChI is InChI=1S/C7H12N4OS/c1-2-3-5(8)6(12)10-7-11-9-4-13-7/h4-5H,2-3,8H2,1H3,(H,10,11,12)/t5-/m0/s1. The van der Waals surface area contributed by atoms with Crippen molar-refractivity contribution >= 4 is 22.4 Å². The molecule has 0 aromatic carbocycles. The van der Waals surface area contributed by atoms with Gasteiger partial charge in [0.25, 0.3) is 0 Å². The first-order valence-electron chi connectivity index (χ1n) is 4.06. The molecule has 0 saturated heterocycles. The van der Waals surface area contributed by atoms with Gasteiger partial charge in [0.2, 0.25) is 11.0 Å². The van der Waals surface area contributed by atoms with E-state index in [-0.39, 0.29) is 5.91 Å². The molecule has 5 nitrogen and oxygen atoms in total. The minimum atomic E-state index is -0.450. The van der Waals surface area contributed by atoms with E-state index in [1.165, 1.54) is 11.3 Å². The molecule has 1 rings (SSSR count). The third kappa shape index (κ3) is 3.08. The van der Waals surface area contributed by atoms with Crippen molar-refractivity contribution in [3.8, 4) is 0 Å². The van der Waals surface area contributed by atoms with Crippen molar-refractivity contribution in [1.29, 1.82) is 0 Å². The van der Waals surface area contributed by atoms with Gasteiger partial charge in [-0.05, 0) is 6.42 Å². The average Bonchev–Trinajstić information content (AvgIpc) is 2.57. The summed E-state index contributed by atoms with van der Waals surface area (Å²) in [5.41, 5.74) is 7.15. The lowest BCUT2D eigenvalue weighted by Gasteiger charge is -2.07. The summed E-state index contributed by atoms with van der Waals surface area (Å²) in [5, 5.41) is 10.4. The first-order valence-corrected chi connectivity index (χ1v) is 4.94. The molecule has 3 N–H and O–H groups in total. The molecule has 1 aromatic rings. The number of rotatable bonds is 4. The van der Waals surface area contributed by atoms with Crippen LogP contribution in [0.1, 0.15) is 19.8 Å². The van der Waals surface area contributed by atoms with Gasteiger partial charge in [0, 0.05) is 0 Å². The lowest BCUT2D eigenvalue weighted by atomic mass is 10.2. The quantitative estimate of drug-likeness (QED) is 0.746. The van der Waals surface area contributed by atoms with Gasteiger partial charge in [0.15, 0.2) is 0 Å². The van der Waals surface area contributed by atoms with Crippen LogP contribution in [0.2, 0.25) is 0 Å². The third-order valence-electron chi connectivity index (χ3n) is 1.53. The molecule has 0 unspecified atom stereocenters. The highest BCUT2D eigenvalue weighted by atomic mass is 32.1. The summed E-state index contributed by atoms with van der Waals surface area (Å²) in [4.78, 5) is 11.3. The highest BCUT2D eigenvalue weighted by Gasteiger charge is 2.13. The van der Waals surface area contributed by atoms with E-state index in [2.05, 4.69) is 15.5 Å². The van der Waals surface area contributed by atoms with Crippen molar-refractivity contribution in [2.75, 3.05) is 5.32 Å². The molecule has 13 heavy (non-hydrogen) atoms. The van der Waals surface area contributed by atoms with E-state index < -0.39 is 6.04 Å². The number of anilines is 1. The molecular formula is C7H12N4OS. The summed E-state index contributed by atoms with van der Waals surface area (Å²) >= 11 is 1.28. The fraction of sp³-hybridized carbons (Fsp3) is 0.571. The minimum Gasteiger partial charge on any atom is -0.320 e. The van der Waals surface area contributed by atoms with Crippen molar-refractivity contribution < 1.29 is 4.79 Å². The number of aromatic nitrogens is 2. The summed E-state index contributed by atoms with van der Waals surface area (Å²) in [5.74, 6) is -0.196. The first kappa shape index (κ1) is 10.1. The maximum Gasteiger partial charge on any atom is 0.243 e. The van der Waals surface area contributed by atoms with Gasteiger partial charge < -0.3 is 5.73 Å². The van der Waals surface area contributed by atoms with Crippen LogP contribution in [0.25, 0.3) is 0 Å². The molecule has 1 atom stereocenters. The zero-order valence-corrected chi connectivity index (χ0v) is 8.17. The van der Waals surface area contributed by atoms with Gasteiger partial charge in [-0.1, -0.05) is 24.7 Å². The van der Waals surface area contributed by atoms with Crippen LogP contribution in [0.5, 0.6) is 0 Å². The number of hydrogen-bond acceptors (Lipinski definition) is 5. The average molecular weight is 200 g/mol. The normalized spacial score (nSPS) is 12.5. The van der Waals surface area contributed by atoms with Crippen molar-refractivity contribution in [3.63, 3.8) is 0 Å². The van der Waals surface area contributed by atoms with E-state index in [0.717, 1.165) is 6.42 Å². The van der Waals surface area contributed by atoms with Crippen LogP contribution in [0, 0.1) is 0 Å². The molecule has 0 saturated carbocycles. The second kappa shape index (κ2) is 4.88. The zero-order valence-electron chi connectivity index (χ0n) is 7.36. The van der Waals surface area contributed by atoms with Crippen molar-refractivity contribution in [2.24, 2.45) is 5.73 Å². The molecule has 0 aliphatic rings. The lowest BCUT2D eigenvalue weighted by Crippen LogP contribution is -2.35. The molecule has 0 aliphatic carbocycles. The number of nitrogens with one attached hydrogen (secondary N) is 1. The Morgan fingerprint density at radius 2 is 2.62 bits per heavy atom. The third-order valence-corrected chi connectivity index (χ3v) is 2.13. The van der Waals surface area contributed by atoms with Gasteiger partial charge >= 0.3 is 0 Å². The lowest BCUT2D eigenvalue weighted by molar-refractivity contribution is -0.117. The minimum absolute atomic E-state index is 0.196. The predicted octanol–water partition coefficient (Wildman–Crippen LogP) is 0.604. The Kier molecular flexibility index (Phi) is 3.78. The number of nitrogens with two attached hydrogens (primary N) is 1. The number of amides is 1.